The first-order chi connectivity index (χ1) is 13.6. The number of rotatable bonds is 2. The number of nitrogens with one attached hydrogen (secondary N) is 1. The molecule has 0 spiro atoms. The van der Waals surface area contributed by atoms with E-state index in [-0.39, 0.29) is 5.56 Å². The third kappa shape index (κ3) is 3.66. The SMILES string of the molecule is Cc1[nH]c(-c2c(F)cccc2Cl)nc1-c1ccc(C#Cc2ccccc2)nc1. The van der Waals surface area contributed by atoms with E-state index in [1.165, 1.54) is 6.07 Å². The second-order valence-electron chi connectivity index (χ2n) is 6.20. The van der Waals surface area contributed by atoms with Crippen LogP contribution >= 0.6 is 11.6 Å². The number of aromatic nitrogens is 3. The summed E-state index contributed by atoms with van der Waals surface area (Å²) in [7, 11) is 0. The summed E-state index contributed by atoms with van der Waals surface area (Å²) in [5.74, 6) is 6.10. The zero-order valence-corrected chi connectivity index (χ0v) is 15.8. The Labute approximate surface area is 167 Å². The Morgan fingerprint density at radius 3 is 2.50 bits per heavy atom. The van der Waals surface area contributed by atoms with Gasteiger partial charge in [-0.15, -0.1) is 0 Å². The molecule has 0 radical (unpaired) electrons. The predicted molar refractivity (Wildman–Crippen MR) is 109 cm³/mol. The highest BCUT2D eigenvalue weighted by atomic mass is 35.5. The minimum Gasteiger partial charge on any atom is -0.341 e. The molecule has 2 aromatic heterocycles. The Morgan fingerprint density at radius 2 is 1.79 bits per heavy atom. The molecular formula is C23H15ClFN3. The van der Waals surface area contributed by atoms with Gasteiger partial charge in [0.05, 0.1) is 16.3 Å². The van der Waals surface area contributed by atoms with Gasteiger partial charge in [0.2, 0.25) is 0 Å². The molecule has 4 rings (SSSR count). The van der Waals surface area contributed by atoms with Crippen molar-refractivity contribution in [3.05, 3.63) is 94.7 Å². The molecule has 28 heavy (non-hydrogen) atoms. The summed E-state index contributed by atoms with van der Waals surface area (Å²) < 4.78 is 14.2. The zero-order chi connectivity index (χ0) is 19.5. The molecule has 136 valence electrons. The van der Waals surface area contributed by atoms with Gasteiger partial charge in [0.15, 0.2) is 0 Å². The van der Waals surface area contributed by atoms with Crippen molar-refractivity contribution in [1.82, 2.24) is 15.0 Å². The zero-order valence-electron chi connectivity index (χ0n) is 15.0. The third-order valence-electron chi connectivity index (χ3n) is 4.23. The molecule has 0 fully saturated rings. The molecule has 1 N–H and O–H groups in total. The highest BCUT2D eigenvalue weighted by Crippen LogP contribution is 2.31. The maximum Gasteiger partial charge on any atom is 0.142 e. The minimum atomic E-state index is -0.419. The fraction of sp³-hybridized carbons (Fsp3) is 0.0435. The van der Waals surface area contributed by atoms with Crippen LogP contribution in [0.4, 0.5) is 4.39 Å². The normalized spacial score (nSPS) is 10.4. The molecule has 0 aliphatic carbocycles. The van der Waals surface area contributed by atoms with Gasteiger partial charge in [0, 0.05) is 23.0 Å². The van der Waals surface area contributed by atoms with E-state index in [4.69, 9.17) is 11.6 Å². The molecule has 0 aliphatic heterocycles. The Kier molecular flexibility index (Phi) is 4.92. The number of hydrogen-bond acceptors (Lipinski definition) is 2. The summed E-state index contributed by atoms with van der Waals surface area (Å²) in [5.41, 5.74) is 4.18. The van der Waals surface area contributed by atoms with Crippen molar-refractivity contribution in [1.29, 1.82) is 0 Å². The van der Waals surface area contributed by atoms with Gasteiger partial charge in [0.25, 0.3) is 0 Å². The highest BCUT2D eigenvalue weighted by Gasteiger charge is 2.16. The Balaban J connectivity index is 1.64. The summed E-state index contributed by atoms with van der Waals surface area (Å²) in [6.45, 7) is 1.88. The van der Waals surface area contributed by atoms with Crippen LogP contribution in [0.3, 0.4) is 0 Å². The summed E-state index contributed by atoms with van der Waals surface area (Å²) in [6.07, 6.45) is 1.71. The van der Waals surface area contributed by atoms with Crippen LogP contribution in [-0.4, -0.2) is 15.0 Å². The van der Waals surface area contributed by atoms with Gasteiger partial charge in [-0.1, -0.05) is 41.8 Å². The first-order valence-electron chi connectivity index (χ1n) is 8.66. The van der Waals surface area contributed by atoms with E-state index in [9.17, 15) is 4.39 Å². The van der Waals surface area contributed by atoms with E-state index in [1.54, 1.807) is 18.3 Å². The molecule has 0 saturated heterocycles. The maximum atomic E-state index is 14.2. The summed E-state index contributed by atoms with van der Waals surface area (Å²) in [5, 5.41) is 0.310. The maximum absolute atomic E-state index is 14.2. The summed E-state index contributed by atoms with van der Waals surface area (Å²) in [6, 6.07) is 18.0. The number of aromatic amines is 1. The van der Waals surface area contributed by atoms with Crippen LogP contribution in [0, 0.1) is 24.6 Å². The van der Waals surface area contributed by atoms with E-state index in [0.29, 0.717) is 22.2 Å². The lowest BCUT2D eigenvalue weighted by Gasteiger charge is -2.01. The third-order valence-corrected chi connectivity index (χ3v) is 4.54. The molecule has 2 aromatic carbocycles. The second-order valence-corrected chi connectivity index (χ2v) is 6.61. The van der Waals surface area contributed by atoms with E-state index in [1.807, 2.05) is 49.4 Å². The number of nitrogens with zero attached hydrogens (tertiary/aromatic N) is 2. The largest absolute Gasteiger partial charge is 0.341 e. The number of benzene rings is 2. The van der Waals surface area contributed by atoms with Crippen molar-refractivity contribution >= 4 is 11.6 Å². The van der Waals surface area contributed by atoms with E-state index >= 15 is 0 Å². The monoisotopic (exact) mass is 387 g/mol. The molecular weight excluding hydrogens is 373 g/mol. The smallest absolute Gasteiger partial charge is 0.142 e. The Bertz CT molecular complexity index is 1170. The van der Waals surface area contributed by atoms with Gasteiger partial charge in [-0.05, 0) is 49.2 Å². The van der Waals surface area contributed by atoms with E-state index in [0.717, 1.165) is 16.8 Å². The topological polar surface area (TPSA) is 41.6 Å². The van der Waals surface area contributed by atoms with Crippen molar-refractivity contribution in [3.63, 3.8) is 0 Å². The van der Waals surface area contributed by atoms with Crippen molar-refractivity contribution in [3.8, 4) is 34.5 Å². The van der Waals surface area contributed by atoms with Crippen molar-refractivity contribution in [2.45, 2.75) is 6.92 Å². The first-order valence-corrected chi connectivity index (χ1v) is 9.04. The lowest BCUT2D eigenvalue weighted by atomic mass is 10.1. The molecule has 5 heteroatoms. The standard InChI is InChI=1S/C23H15ClFN3/c1-15-22(28-23(27-15)21-19(24)8-5-9-20(21)25)17-11-13-18(26-14-17)12-10-16-6-3-2-4-7-16/h2-9,11,13-14H,1H3,(H,27,28). The summed E-state index contributed by atoms with van der Waals surface area (Å²) in [4.78, 5) is 12.1. The molecule has 0 bridgehead atoms. The summed E-state index contributed by atoms with van der Waals surface area (Å²) >= 11 is 6.15. The number of imidazole rings is 1. The molecule has 0 amide bonds. The Morgan fingerprint density at radius 1 is 0.964 bits per heavy atom. The number of pyridine rings is 1. The van der Waals surface area contributed by atoms with Crippen LogP contribution in [-0.2, 0) is 0 Å². The number of halogens is 2. The van der Waals surface area contributed by atoms with Gasteiger partial charge in [-0.3, -0.25) is 0 Å². The average molecular weight is 388 g/mol. The van der Waals surface area contributed by atoms with E-state index in [2.05, 4.69) is 26.8 Å². The van der Waals surface area contributed by atoms with Crippen LogP contribution < -0.4 is 0 Å². The molecule has 0 aliphatic rings. The lowest BCUT2D eigenvalue weighted by Crippen LogP contribution is -1.88. The van der Waals surface area contributed by atoms with Crippen LogP contribution in [0.5, 0.6) is 0 Å². The van der Waals surface area contributed by atoms with Crippen LogP contribution in [0.1, 0.15) is 17.0 Å². The van der Waals surface area contributed by atoms with Gasteiger partial charge in [-0.2, -0.15) is 0 Å². The van der Waals surface area contributed by atoms with E-state index < -0.39 is 5.82 Å². The van der Waals surface area contributed by atoms with Gasteiger partial charge in [0.1, 0.15) is 17.3 Å². The average Bonchev–Trinajstić information content (AvgIpc) is 3.08. The number of H-pyrrole nitrogens is 1. The predicted octanol–water partition coefficient (Wildman–Crippen LogP) is 5.64. The van der Waals surface area contributed by atoms with Gasteiger partial charge >= 0.3 is 0 Å². The van der Waals surface area contributed by atoms with Crippen LogP contribution in [0.2, 0.25) is 5.02 Å². The second kappa shape index (κ2) is 7.67. The Hall–Kier alpha value is -3.42. The molecule has 4 aromatic rings. The van der Waals surface area contributed by atoms with Crippen LogP contribution in [0.25, 0.3) is 22.6 Å². The quantitative estimate of drug-likeness (QED) is 0.452. The van der Waals surface area contributed by atoms with Gasteiger partial charge in [-0.25, -0.2) is 14.4 Å². The van der Waals surface area contributed by atoms with Crippen LogP contribution in [0.15, 0.2) is 66.9 Å². The minimum absolute atomic E-state index is 0.261. The molecule has 0 saturated carbocycles. The molecule has 3 nitrogen and oxygen atoms in total. The molecule has 0 atom stereocenters. The highest BCUT2D eigenvalue weighted by molar-refractivity contribution is 6.33. The van der Waals surface area contributed by atoms with Crippen molar-refractivity contribution in [2.75, 3.05) is 0 Å². The fourth-order valence-corrected chi connectivity index (χ4v) is 3.10. The lowest BCUT2D eigenvalue weighted by molar-refractivity contribution is 0.630. The first kappa shape index (κ1) is 18.0. The van der Waals surface area contributed by atoms with Crippen molar-refractivity contribution in [2.24, 2.45) is 0 Å². The van der Waals surface area contributed by atoms with Crippen molar-refractivity contribution < 1.29 is 4.39 Å². The molecule has 0 unspecified atom stereocenters. The number of hydrogen-bond donors (Lipinski definition) is 1. The van der Waals surface area contributed by atoms with Gasteiger partial charge < -0.3 is 4.98 Å². The number of aryl methyl sites for hydroxylation is 1. The molecule has 2 heterocycles. The fourth-order valence-electron chi connectivity index (χ4n) is 2.85.